The molecule has 6 unspecified atom stereocenters. The summed E-state index contributed by atoms with van der Waals surface area (Å²) in [4.78, 5) is 34.6. The van der Waals surface area contributed by atoms with Crippen molar-refractivity contribution in [2.75, 3.05) is 6.54 Å². The van der Waals surface area contributed by atoms with Crippen LogP contribution >= 0.6 is 0 Å². The number of nitrogens with zero attached hydrogens (tertiary/aromatic N) is 1. The van der Waals surface area contributed by atoms with Gasteiger partial charge in [0.2, 0.25) is 12.3 Å². The van der Waals surface area contributed by atoms with E-state index in [4.69, 9.17) is 17.3 Å². The predicted octanol–water partition coefficient (Wildman–Crippen LogP) is -1.38. The molecule has 29 heavy (non-hydrogen) atoms. The van der Waals surface area contributed by atoms with Gasteiger partial charge in [-0.25, -0.2) is 0 Å². The number of aliphatic hydroxyl groups is 3. The molecule has 1 heterocycles. The van der Waals surface area contributed by atoms with Gasteiger partial charge in [0.25, 0.3) is 0 Å². The number of nitrogens with two attached hydrogens (primary N) is 1. The number of terminal acetylenes is 1. The van der Waals surface area contributed by atoms with Crippen molar-refractivity contribution in [1.82, 2.24) is 10.2 Å². The Kier molecular flexibility index (Phi) is 12.8. The Morgan fingerprint density at radius 3 is 2.31 bits per heavy atom. The number of carbonyl (C=O) groups is 3. The number of aliphatic carboxylic acids is 1. The molecule has 0 bridgehead atoms. The van der Waals surface area contributed by atoms with Gasteiger partial charge >= 0.3 is 5.97 Å². The minimum Gasteiger partial charge on any atom is -0.481 e. The van der Waals surface area contributed by atoms with E-state index in [1.54, 1.807) is 0 Å². The second-order valence-electron chi connectivity index (χ2n) is 6.83. The monoisotopic (exact) mass is 415 g/mol. The molecule has 2 amide bonds. The van der Waals surface area contributed by atoms with E-state index in [-0.39, 0.29) is 13.0 Å². The number of hydrogen-bond acceptors (Lipinski definition) is 7. The molecule has 0 spiro atoms. The highest BCUT2D eigenvalue weighted by Gasteiger charge is 2.51. The lowest BCUT2D eigenvalue weighted by Gasteiger charge is -2.46. The third-order valence-electron chi connectivity index (χ3n) is 4.78. The van der Waals surface area contributed by atoms with Crippen molar-refractivity contribution in [3.63, 3.8) is 0 Å². The fourth-order valence-corrected chi connectivity index (χ4v) is 3.09. The molecule has 1 aliphatic heterocycles. The summed E-state index contributed by atoms with van der Waals surface area (Å²) in [6.45, 7) is 3.24. The van der Waals surface area contributed by atoms with Gasteiger partial charge in [-0.15, -0.1) is 12.3 Å². The number of carboxylic acids is 1. The average molecular weight is 415 g/mol. The van der Waals surface area contributed by atoms with Crippen LogP contribution in [-0.4, -0.2) is 80.7 Å². The molecule has 0 aliphatic carbocycles. The molecule has 0 radical (unpaired) electrons. The van der Waals surface area contributed by atoms with Gasteiger partial charge in [-0.2, -0.15) is 0 Å². The van der Waals surface area contributed by atoms with E-state index in [0.717, 1.165) is 6.42 Å². The van der Waals surface area contributed by atoms with Gasteiger partial charge in [0, 0.05) is 19.0 Å². The Labute approximate surface area is 171 Å². The standard InChI is InChI=1S/C11H19N3O7.C8H14/c1-4-6(11(20)21)7(16)8(17)10(19)14(4)9(18)5(2-12)13-3-15;1-3-5-7-8-6-4-2/h3-8,10,16-17,19H,2,12H2,1H3,(H,13,15)(H,20,21);1H,4-8H2,2H3. The van der Waals surface area contributed by atoms with Gasteiger partial charge in [0.1, 0.15) is 18.1 Å². The van der Waals surface area contributed by atoms with Crippen molar-refractivity contribution < 1.29 is 34.8 Å². The molecule has 0 aromatic heterocycles. The smallest absolute Gasteiger partial charge is 0.311 e. The zero-order valence-corrected chi connectivity index (χ0v) is 16.9. The molecule has 7 N–H and O–H groups in total. The first-order chi connectivity index (χ1) is 13.7. The highest BCUT2D eigenvalue weighted by molar-refractivity contribution is 5.85. The Morgan fingerprint density at radius 2 is 1.86 bits per heavy atom. The minimum atomic E-state index is -1.85. The number of rotatable bonds is 9. The molecule has 1 aliphatic rings. The maximum absolute atomic E-state index is 12.2. The third kappa shape index (κ3) is 7.62. The first-order valence-corrected chi connectivity index (χ1v) is 9.61. The van der Waals surface area contributed by atoms with Crippen LogP contribution in [-0.2, 0) is 14.4 Å². The maximum atomic E-state index is 12.2. The Bertz CT molecular complexity index is 566. The first-order valence-electron chi connectivity index (χ1n) is 9.61. The first kappa shape index (κ1) is 26.8. The zero-order valence-electron chi connectivity index (χ0n) is 16.9. The normalized spacial score (nSPS) is 27.1. The predicted molar refractivity (Wildman–Crippen MR) is 105 cm³/mol. The summed E-state index contributed by atoms with van der Waals surface area (Å²) in [7, 11) is 0. The van der Waals surface area contributed by atoms with Gasteiger partial charge < -0.3 is 36.4 Å². The summed E-state index contributed by atoms with van der Waals surface area (Å²) in [6, 6.07) is -2.28. The number of hydrogen-bond donors (Lipinski definition) is 6. The number of carbonyl (C=O) groups excluding carboxylic acids is 2. The van der Waals surface area contributed by atoms with E-state index in [1.165, 1.54) is 32.6 Å². The lowest BCUT2D eigenvalue weighted by atomic mass is 9.84. The van der Waals surface area contributed by atoms with Crippen LogP contribution in [0.3, 0.4) is 0 Å². The minimum absolute atomic E-state index is 0.246. The van der Waals surface area contributed by atoms with Crippen LogP contribution in [0, 0.1) is 18.3 Å². The van der Waals surface area contributed by atoms with Crippen LogP contribution in [0.2, 0.25) is 0 Å². The summed E-state index contributed by atoms with van der Waals surface area (Å²) < 4.78 is 0. The number of aliphatic hydroxyl groups excluding tert-OH is 3. The van der Waals surface area contributed by atoms with Gasteiger partial charge in [0.15, 0.2) is 6.23 Å². The Balaban J connectivity index is 0.000000828. The molecule has 0 aromatic carbocycles. The van der Waals surface area contributed by atoms with Crippen molar-refractivity contribution in [3.05, 3.63) is 0 Å². The summed E-state index contributed by atoms with van der Waals surface area (Å²) in [6.07, 6.45) is 6.03. The molecule has 6 atom stereocenters. The van der Waals surface area contributed by atoms with Gasteiger partial charge in [-0.05, 0) is 13.3 Å². The number of piperidine rings is 1. The Morgan fingerprint density at radius 1 is 1.24 bits per heavy atom. The summed E-state index contributed by atoms with van der Waals surface area (Å²) >= 11 is 0. The third-order valence-corrected chi connectivity index (χ3v) is 4.78. The molecule has 0 saturated carbocycles. The fraction of sp³-hybridized carbons (Fsp3) is 0.737. The second-order valence-corrected chi connectivity index (χ2v) is 6.83. The van der Waals surface area contributed by atoms with E-state index >= 15 is 0 Å². The summed E-state index contributed by atoms with van der Waals surface area (Å²) in [5.74, 6) is -1.13. The summed E-state index contributed by atoms with van der Waals surface area (Å²) in [5.41, 5.74) is 5.33. The van der Waals surface area contributed by atoms with Crippen molar-refractivity contribution >= 4 is 18.3 Å². The zero-order chi connectivity index (χ0) is 22.6. The maximum Gasteiger partial charge on any atom is 0.311 e. The second kappa shape index (κ2) is 13.9. The van der Waals surface area contributed by atoms with Crippen LogP contribution in [0.15, 0.2) is 0 Å². The van der Waals surface area contributed by atoms with E-state index in [1.807, 2.05) is 0 Å². The van der Waals surface area contributed by atoms with Gasteiger partial charge in [0.05, 0.1) is 6.10 Å². The number of nitrogens with one attached hydrogen (secondary N) is 1. The molecular formula is C19H33N3O7. The van der Waals surface area contributed by atoms with E-state index in [9.17, 15) is 29.7 Å². The molecular weight excluding hydrogens is 382 g/mol. The number of amides is 2. The molecule has 0 aromatic rings. The van der Waals surface area contributed by atoms with E-state index < -0.39 is 48.3 Å². The topological polar surface area (TPSA) is 173 Å². The van der Waals surface area contributed by atoms with Crippen molar-refractivity contribution in [2.24, 2.45) is 11.7 Å². The highest BCUT2D eigenvalue weighted by Crippen LogP contribution is 2.28. The SMILES string of the molecule is C#CCCCCCC.CC1C(C(=O)O)C(O)C(O)C(O)N1C(=O)C(CN)NC=O. The lowest BCUT2D eigenvalue weighted by molar-refractivity contribution is -0.208. The van der Waals surface area contributed by atoms with Crippen LogP contribution < -0.4 is 11.1 Å². The molecule has 166 valence electrons. The number of likely N-dealkylation sites (tertiary alicyclic amines) is 1. The van der Waals surface area contributed by atoms with Gasteiger partial charge in [-0.3, -0.25) is 14.4 Å². The van der Waals surface area contributed by atoms with Crippen LogP contribution in [0.5, 0.6) is 0 Å². The van der Waals surface area contributed by atoms with Crippen molar-refractivity contribution in [1.29, 1.82) is 0 Å². The average Bonchev–Trinajstić information content (AvgIpc) is 2.68. The fourth-order valence-electron chi connectivity index (χ4n) is 3.09. The van der Waals surface area contributed by atoms with Gasteiger partial charge in [-0.1, -0.05) is 26.2 Å². The number of carboxylic acid groups (broad SMARTS) is 1. The Hall–Kier alpha value is -2.19. The molecule has 10 heteroatoms. The quantitative estimate of drug-likeness (QED) is 0.152. The molecule has 1 rings (SSSR count). The molecule has 1 fully saturated rings. The summed E-state index contributed by atoms with van der Waals surface area (Å²) in [5, 5.41) is 40.6. The number of unbranched alkanes of at least 4 members (excludes halogenated alkanes) is 4. The van der Waals surface area contributed by atoms with E-state index in [0.29, 0.717) is 4.90 Å². The van der Waals surface area contributed by atoms with E-state index in [2.05, 4.69) is 18.2 Å². The van der Waals surface area contributed by atoms with Crippen molar-refractivity contribution in [2.45, 2.75) is 76.5 Å². The molecule has 10 nitrogen and oxygen atoms in total. The highest BCUT2D eigenvalue weighted by atomic mass is 16.4. The largest absolute Gasteiger partial charge is 0.481 e. The van der Waals surface area contributed by atoms with Crippen LogP contribution in [0.4, 0.5) is 0 Å². The van der Waals surface area contributed by atoms with Crippen molar-refractivity contribution in [3.8, 4) is 12.3 Å². The van der Waals surface area contributed by atoms with Crippen LogP contribution in [0.25, 0.3) is 0 Å². The van der Waals surface area contributed by atoms with Crippen LogP contribution in [0.1, 0.15) is 46.0 Å². The lowest BCUT2D eigenvalue weighted by Crippen LogP contribution is -2.68. The molecule has 1 saturated heterocycles.